The van der Waals surface area contributed by atoms with Crippen molar-refractivity contribution in [1.29, 1.82) is 0 Å². The van der Waals surface area contributed by atoms with Crippen LogP contribution >= 0.6 is 23.5 Å². The first-order chi connectivity index (χ1) is 31.7. The monoisotopic (exact) mass is 856 g/mol. The van der Waals surface area contributed by atoms with Crippen molar-refractivity contribution in [3.8, 4) is 33.4 Å². The molecule has 0 spiro atoms. The quantitative estimate of drug-likeness (QED) is 0.170. The number of hydrogen-bond acceptors (Lipinski definition) is 4. The maximum absolute atomic E-state index is 2.73. The lowest BCUT2D eigenvalue weighted by atomic mass is 9.84. The second-order valence-electron chi connectivity index (χ2n) is 17.4. The number of nitrogens with zero attached hydrogens (tertiary/aromatic N) is 2. The van der Waals surface area contributed by atoms with E-state index in [0.29, 0.717) is 0 Å². The van der Waals surface area contributed by atoms with Crippen LogP contribution in [0.1, 0.15) is 32.1 Å². The van der Waals surface area contributed by atoms with Crippen LogP contribution in [0.2, 0.25) is 0 Å². The third-order valence-electron chi connectivity index (χ3n) is 13.6. The number of hydrogen-bond donors (Lipinski definition) is 0. The molecule has 0 amide bonds. The Labute approximate surface area is 382 Å². The van der Waals surface area contributed by atoms with Gasteiger partial charge in [0.25, 0.3) is 0 Å². The van der Waals surface area contributed by atoms with E-state index in [1.807, 2.05) is 23.5 Å². The molecule has 64 heavy (non-hydrogen) atoms. The molecule has 0 saturated heterocycles. The topological polar surface area (TPSA) is 6.48 Å². The minimum absolute atomic E-state index is 0.180. The predicted octanol–water partition coefficient (Wildman–Crippen LogP) is 15.7. The normalized spacial score (nSPS) is 16.3. The van der Waals surface area contributed by atoms with Crippen LogP contribution in [-0.2, 0) is 0 Å². The molecule has 0 aromatic heterocycles. The lowest BCUT2D eigenvalue weighted by molar-refractivity contribution is 0.644. The lowest BCUT2D eigenvalue weighted by Crippen LogP contribution is -2.43. The van der Waals surface area contributed by atoms with Crippen molar-refractivity contribution >= 4 is 80.0 Å². The summed E-state index contributed by atoms with van der Waals surface area (Å²) in [5.74, 6) is 0. The van der Waals surface area contributed by atoms with E-state index in [-0.39, 0.29) is 6.04 Å². The summed E-state index contributed by atoms with van der Waals surface area (Å²) >= 11 is 3.87. The number of fused-ring (bicyclic) bond motifs is 6. The predicted molar refractivity (Wildman–Crippen MR) is 273 cm³/mol. The summed E-state index contributed by atoms with van der Waals surface area (Å²) in [6.45, 7) is 0. The zero-order chi connectivity index (χ0) is 42.1. The Kier molecular flexibility index (Phi) is 9.16. The van der Waals surface area contributed by atoms with Gasteiger partial charge in [0.1, 0.15) is 0 Å². The highest BCUT2D eigenvalue weighted by molar-refractivity contribution is 8.03. The van der Waals surface area contributed by atoms with Crippen molar-refractivity contribution < 1.29 is 0 Å². The number of allylic oxidation sites excluding steroid dienone is 2. The fourth-order valence-corrected chi connectivity index (χ4v) is 13.1. The molecule has 2 aliphatic carbocycles. The standard InChI is InChI=1S/C60H44N2S2/c1-2-16-40(17-3-1)59-47-33-31-46(62-53-23-8-12-27-57(53)64-58-28-13-9-24-54(58)62)38-50(47)60(44-20-14-19-42(36-44)43-30-29-39-15-4-5-18-41(39)35-43)48-34-32-45(37-49(48)59)61-51-21-6-10-25-55(51)63-56-26-11-7-22-52(56)61/h1-8,10-12,14-23,25-27,29-30,32-38,46H,9,13,24,28,31H2. The summed E-state index contributed by atoms with van der Waals surface area (Å²) in [4.78, 5) is 10.7. The van der Waals surface area contributed by atoms with Gasteiger partial charge in [-0.2, -0.15) is 0 Å². The van der Waals surface area contributed by atoms with Gasteiger partial charge >= 0.3 is 0 Å². The first-order valence-electron chi connectivity index (χ1n) is 22.6. The number of thioether (sulfide) groups is 1. The molecule has 1 unspecified atom stereocenters. The fraction of sp³-hybridized carbons (Fsp3) is 0.100. The van der Waals surface area contributed by atoms with Gasteiger partial charge < -0.3 is 9.80 Å². The Morgan fingerprint density at radius 2 is 1.08 bits per heavy atom. The highest BCUT2D eigenvalue weighted by Crippen LogP contribution is 2.53. The van der Waals surface area contributed by atoms with Crippen molar-refractivity contribution in [3.05, 3.63) is 209 Å². The third-order valence-corrected chi connectivity index (χ3v) is 16.0. The van der Waals surface area contributed by atoms with Crippen molar-refractivity contribution in [1.82, 2.24) is 0 Å². The van der Waals surface area contributed by atoms with Crippen LogP contribution < -0.4 is 20.2 Å². The molecule has 0 N–H and O–H groups in total. The zero-order valence-corrected chi connectivity index (χ0v) is 37.0. The Morgan fingerprint density at radius 1 is 0.438 bits per heavy atom. The van der Waals surface area contributed by atoms with Crippen LogP contribution in [0, 0.1) is 0 Å². The Hall–Kier alpha value is -6.72. The maximum Gasteiger partial charge on any atom is 0.0601 e. The van der Waals surface area contributed by atoms with Crippen LogP contribution in [-0.4, -0.2) is 6.04 Å². The molecule has 0 bridgehead atoms. The molecule has 0 saturated carbocycles. The largest absolute Gasteiger partial charge is 0.336 e. The highest BCUT2D eigenvalue weighted by atomic mass is 32.2. The minimum atomic E-state index is 0.180. The molecule has 4 heteroatoms. The van der Waals surface area contributed by atoms with Gasteiger partial charge in [0.2, 0.25) is 0 Å². The second kappa shape index (κ2) is 15.5. The van der Waals surface area contributed by atoms with E-state index in [1.54, 1.807) is 4.91 Å². The van der Waals surface area contributed by atoms with E-state index in [4.69, 9.17) is 0 Å². The molecule has 2 heterocycles. The van der Waals surface area contributed by atoms with Crippen molar-refractivity contribution in [2.45, 2.75) is 52.8 Å². The summed E-state index contributed by atoms with van der Waals surface area (Å²) in [5.41, 5.74) is 14.0. The van der Waals surface area contributed by atoms with Gasteiger partial charge in [0.05, 0.1) is 23.1 Å². The summed E-state index contributed by atoms with van der Waals surface area (Å²) in [7, 11) is 0. The van der Waals surface area contributed by atoms with Gasteiger partial charge in [-0.1, -0.05) is 163 Å². The molecule has 2 nitrogen and oxygen atoms in total. The van der Waals surface area contributed by atoms with Gasteiger partial charge in [0.15, 0.2) is 0 Å². The van der Waals surface area contributed by atoms with E-state index >= 15 is 0 Å². The number of rotatable bonds is 5. The highest BCUT2D eigenvalue weighted by Gasteiger charge is 2.33. The van der Waals surface area contributed by atoms with Crippen molar-refractivity contribution in [2.24, 2.45) is 0 Å². The first kappa shape index (κ1) is 37.8. The van der Waals surface area contributed by atoms with E-state index in [1.165, 1.54) is 122 Å². The van der Waals surface area contributed by atoms with Crippen molar-refractivity contribution in [3.63, 3.8) is 0 Å². The van der Waals surface area contributed by atoms with E-state index < -0.39 is 0 Å². The lowest BCUT2D eigenvalue weighted by Gasteiger charge is -2.41. The molecule has 2 aliphatic heterocycles. The van der Waals surface area contributed by atoms with Crippen LogP contribution in [0.5, 0.6) is 0 Å². The molecule has 13 rings (SSSR count). The van der Waals surface area contributed by atoms with Gasteiger partial charge in [-0.15, -0.1) is 0 Å². The molecule has 9 aromatic carbocycles. The summed E-state index contributed by atoms with van der Waals surface area (Å²) in [6, 6.07) is 70.3. The third kappa shape index (κ3) is 6.26. The Bertz CT molecular complexity index is 3470. The molecule has 1 atom stereocenters. The number of benzene rings is 9. The molecule has 0 fully saturated rings. The van der Waals surface area contributed by atoms with Crippen LogP contribution in [0.4, 0.5) is 22.7 Å². The second-order valence-corrected chi connectivity index (χ2v) is 19.6. The average molecular weight is 857 g/mol. The summed E-state index contributed by atoms with van der Waals surface area (Å²) < 4.78 is 0. The summed E-state index contributed by atoms with van der Waals surface area (Å²) in [5, 5.41) is 7.70. The summed E-state index contributed by atoms with van der Waals surface area (Å²) in [6.07, 6.45) is 11.0. The van der Waals surface area contributed by atoms with Gasteiger partial charge in [-0.05, 0) is 158 Å². The Morgan fingerprint density at radius 3 is 1.89 bits per heavy atom. The first-order valence-corrected chi connectivity index (χ1v) is 24.3. The number of anilines is 4. The van der Waals surface area contributed by atoms with Crippen LogP contribution in [0.15, 0.2) is 213 Å². The van der Waals surface area contributed by atoms with Gasteiger partial charge in [0, 0.05) is 31.0 Å². The molecule has 0 radical (unpaired) electrons. The fourth-order valence-electron chi connectivity index (χ4n) is 10.8. The maximum atomic E-state index is 2.73. The SMILES string of the molecule is C1=c2c(-c3cccc(-c4ccc5ccccc5c4)c3)c3ccc(N4c5ccccc5Sc5ccccc54)cc3c(-c3ccccc3)c2=CCC1N1C2=C(CCCC2)Sc2ccccc21. The molecule has 9 aromatic rings. The molecule has 306 valence electrons. The van der Waals surface area contributed by atoms with Crippen LogP contribution in [0.3, 0.4) is 0 Å². The van der Waals surface area contributed by atoms with Gasteiger partial charge in [-0.3, -0.25) is 0 Å². The molecular formula is C60H44N2S2. The molecular weight excluding hydrogens is 813 g/mol. The van der Waals surface area contributed by atoms with E-state index in [9.17, 15) is 0 Å². The van der Waals surface area contributed by atoms with Crippen LogP contribution in [0.25, 0.3) is 67.1 Å². The zero-order valence-electron chi connectivity index (χ0n) is 35.4. The van der Waals surface area contributed by atoms with E-state index in [2.05, 4.69) is 210 Å². The van der Waals surface area contributed by atoms with Gasteiger partial charge in [-0.25, -0.2) is 0 Å². The average Bonchev–Trinajstić information content (AvgIpc) is 3.36. The minimum Gasteiger partial charge on any atom is -0.336 e. The molecule has 4 aliphatic rings. The Balaban J connectivity index is 1.10. The van der Waals surface area contributed by atoms with Crippen molar-refractivity contribution in [2.75, 3.05) is 9.80 Å². The van der Waals surface area contributed by atoms with E-state index in [0.717, 1.165) is 18.5 Å². The number of para-hydroxylation sites is 3. The smallest absolute Gasteiger partial charge is 0.0601 e.